The van der Waals surface area contributed by atoms with Crippen LogP contribution in [0.25, 0.3) is 0 Å². The van der Waals surface area contributed by atoms with Crippen molar-refractivity contribution in [2.45, 2.75) is 32.4 Å². The first-order valence-corrected chi connectivity index (χ1v) is 6.85. The van der Waals surface area contributed by atoms with Crippen molar-refractivity contribution in [3.63, 3.8) is 0 Å². The number of nitrogens with zero attached hydrogens (tertiary/aromatic N) is 1. The van der Waals surface area contributed by atoms with E-state index in [1.54, 1.807) is 24.3 Å². The largest absolute Gasteiger partial charge is 0.464 e. The van der Waals surface area contributed by atoms with E-state index in [2.05, 4.69) is 0 Å². The second-order valence-electron chi connectivity index (χ2n) is 5.30. The van der Waals surface area contributed by atoms with Crippen molar-refractivity contribution < 1.29 is 9.21 Å². The van der Waals surface area contributed by atoms with Crippen molar-refractivity contribution in [3.05, 3.63) is 53.5 Å². The summed E-state index contributed by atoms with van der Waals surface area (Å²) in [6.45, 7) is 2.44. The normalized spacial score (nSPS) is 14.2. The van der Waals surface area contributed by atoms with E-state index in [4.69, 9.17) is 10.2 Å². The highest BCUT2D eigenvalue weighted by Gasteiger charge is 2.33. The van der Waals surface area contributed by atoms with Gasteiger partial charge in [-0.2, -0.15) is 0 Å². The Balaban J connectivity index is 1.79. The number of anilines is 1. The average Bonchev–Trinajstić information content (AvgIpc) is 3.19. The maximum absolute atomic E-state index is 12.6. The Labute approximate surface area is 118 Å². The molecule has 1 aliphatic rings. The molecule has 1 heterocycles. The number of nitrogens with two attached hydrogens (primary N) is 1. The summed E-state index contributed by atoms with van der Waals surface area (Å²) in [5.74, 6) is 1.75. The highest BCUT2D eigenvalue weighted by atomic mass is 16.3. The van der Waals surface area contributed by atoms with Crippen LogP contribution >= 0.6 is 0 Å². The SMILES string of the molecule is Cc1ccc(CN(C(=O)c2ccc(N)cc2)C2CC2)o1. The van der Waals surface area contributed by atoms with Crippen LogP contribution in [0.3, 0.4) is 0 Å². The molecule has 4 nitrogen and oxygen atoms in total. The Morgan fingerprint density at radius 2 is 1.95 bits per heavy atom. The fraction of sp³-hybridized carbons (Fsp3) is 0.312. The van der Waals surface area contributed by atoms with Crippen molar-refractivity contribution in [2.24, 2.45) is 0 Å². The Kier molecular flexibility index (Phi) is 3.22. The van der Waals surface area contributed by atoms with Crippen LogP contribution in [0.1, 0.15) is 34.7 Å². The molecule has 1 amide bonds. The van der Waals surface area contributed by atoms with Crippen molar-refractivity contribution in [1.82, 2.24) is 4.90 Å². The lowest BCUT2D eigenvalue weighted by Gasteiger charge is -2.21. The first-order valence-electron chi connectivity index (χ1n) is 6.85. The number of aryl methyl sites for hydroxylation is 1. The van der Waals surface area contributed by atoms with Gasteiger partial charge in [0.1, 0.15) is 11.5 Å². The van der Waals surface area contributed by atoms with E-state index >= 15 is 0 Å². The molecule has 1 fully saturated rings. The second kappa shape index (κ2) is 5.04. The monoisotopic (exact) mass is 270 g/mol. The first-order chi connectivity index (χ1) is 9.63. The van der Waals surface area contributed by atoms with Crippen molar-refractivity contribution >= 4 is 11.6 Å². The highest BCUT2D eigenvalue weighted by Crippen LogP contribution is 2.30. The zero-order chi connectivity index (χ0) is 14.1. The molecule has 1 aliphatic carbocycles. The van der Waals surface area contributed by atoms with E-state index < -0.39 is 0 Å². The second-order valence-corrected chi connectivity index (χ2v) is 5.30. The molecule has 20 heavy (non-hydrogen) atoms. The first kappa shape index (κ1) is 12.8. The smallest absolute Gasteiger partial charge is 0.254 e. The number of carbonyl (C=O) groups excluding carboxylic acids is 1. The van der Waals surface area contributed by atoms with Crippen molar-refractivity contribution in [2.75, 3.05) is 5.73 Å². The molecule has 1 saturated carbocycles. The van der Waals surface area contributed by atoms with Crippen molar-refractivity contribution in [1.29, 1.82) is 0 Å². The molecule has 2 aromatic rings. The summed E-state index contributed by atoms with van der Waals surface area (Å²) in [6, 6.07) is 11.3. The van der Waals surface area contributed by atoms with Crippen LogP contribution in [0.5, 0.6) is 0 Å². The molecule has 3 rings (SSSR count). The molecule has 0 bridgehead atoms. The molecule has 4 heteroatoms. The zero-order valence-corrected chi connectivity index (χ0v) is 11.5. The zero-order valence-electron chi connectivity index (χ0n) is 11.5. The molecule has 2 N–H and O–H groups in total. The number of carbonyl (C=O) groups is 1. The summed E-state index contributed by atoms with van der Waals surface area (Å²) < 4.78 is 5.58. The van der Waals surface area contributed by atoms with Gasteiger partial charge in [0.2, 0.25) is 0 Å². The van der Waals surface area contributed by atoms with E-state index in [0.29, 0.717) is 23.8 Å². The van der Waals surface area contributed by atoms with Gasteiger partial charge in [-0.15, -0.1) is 0 Å². The van der Waals surface area contributed by atoms with Gasteiger partial charge in [0, 0.05) is 17.3 Å². The van der Waals surface area contributed by atoms with Crippen molar-refractivity contribution in [3.8, 4) is 0 Å². The number of rotatable bonds is 4. The van der Waals surface area contributed by atoms with E-state index in [-0.39, 0.29) is 5.91 Å². The van der Waals surface area contributed by atoms with Gasteiger partial charge in [-0.1, -0.05) is 0 Å². The molecule has 0 aliphatic heterocycles. The van der Waals surface area contributed by atoms with E-state index in [9.17, 15) is 4.79 Å². The number of hydrogen-bond donors (Lipinski definition) is 1. The fourth-order valence-electron chi connectivity index (χ4n) is 2.28. The number of furan rings is 1. The van der Waals surface area contributed by atoms with Crippen LogP contribution < -0.4 is 5.73 Å². The molecule has 0 atom stereocenters. The molecule has 0 unspecified atom stereocenters. The molecule has 1 aromatic carbocycles. The van der Waals surface area contributed by atoms with Gasteiger partial charge in [0.15, 0.2) is 0 Å². The van der Waals surface area contributed by atoms with Gasteiger partial charge in [-0.25, -0.2) is 0 Å². The molecule has 104 valence electrons. The minimum Gasteiger partial charge on any atom is -0.464 e. The summed E-state index contributed by atoms with van der Waals surface area (Å²) in [5.41, 5.74) is 7.00. The summed E-state index contributed by atoms with van der Waals surface area (Å²) >= 11 is 0. The highest BCUT2D eigenvalue weighted by molar-refractivity contribution is 5.94. The van der Waals surface area contributed by atoms with Crippen LogP contribution in [-0.4, -0.2) is 16.8 Å². The third kappa shape index (κ3) is 2.69. The Hall–Kier alpha value is -2.23. The average molecular weight is 270 g/mol. The summed E-state index contributed by atoms with van der Waals surface area (Å²) in [4.78, 5) is 14.5. The van der Waals surface area contributed by atoms with Crippen LogP contribution in [0, 0.1) is 6.92 Å². The fourth-order valence-corrected chi connectivity index (χ4v) is 2.28. The summed E-state index contributed by atoms with van der Waals surface area (Å²) in [5, 5.41) is 0. The Morgan fingerprint density at radius 3 is 2.50 bits per heavy atom. The minimum absolute atomic E-state index is 0.0431. The van der Waals surface area contributed by atoms with E-state index in [1.165, 1.54) is 0 Å². The molecule has 0 spiro atoms. The standard InChI is InChI=1S/C16H18N2O2/c1-11-2-9-15(20-11)10-18(14-7-8-14)16(19)12-3-5-13(17)6-4-12/h2-6,9,14H,7-8,10,17H2,1H3. The van der Waals surface area contributed by atoms with Gasteiger partial charge in [0.05, 0.1) is 6.54 Å². The Bertz CT molecular complexity index is 612. The van der Waals surface area contributed by atoms with Gasteiger partial charge < -0.3 is 15.1 Å². The molecular weight excluding hydrogens is 252 g/mol. The minimum atomic E-state index is 0.0431. The quantitative estimate of drug-likeness (QED) is 0.869. The predicted molar refractivity (Wildman–Crippen MR) is 77.2 cm³/mol. The van der Waals surface area contributed by atoms with Gasteiger partial charge >= 0.3 is 0 Å². The lowest BCUT2D eigenvalue weighted by Crippen LogP contribution is -2.32. The van der Waals surface area contributed by atoms with E-state index in [1.807, 2.05) is 24.0 Å². The molecule has 1 aromatic heterocycles. The number of amides is 1. The molecule has 0 saturated heterocycles. The van der Waals surface area contributed by atoms with Gasteiger partial charge in [-0.3, -0.25) is 4.79 Å². The predicted octanol–water partition coefficient (Wildman–Crippen LogP) is 2.98. The molecule has 0 radical (unpaired) electrons. The number of nitrogen functional groups attached to an aromatic ring is 1. The number of benzene rings is 1. The third-order valence-electron chi connectivity index (χ3n) is 3.53. The van der Waals surface area contributed by atoms with Crippen LogP contribution in [-0.2, 0) is 6.54 Å². The maximum atomic E-state index is 12.6. The van der Waals surface area contributed by atoms with Crippen LogP contribution in [0.15, 0.2) is 40.8 Å². The van der Waals surface area contributed by atoms with Gasteiger partial charge in [0.25, 0.3) is 5.91 Å². The van der Waals surface area contributed by atoms with Crippen LogP contribution in [0.4, 0.5) is 5.69 Å². The summed E-state index contributed by atoms with van der Waals surface area (Å²) in [6.07, 6.45) is 2.14. The lowest BCUT2D eigenvalue weighted by atomic mass is 10.1. The molecular formula is C16H18N2O2. The Morgan fingerprint density at radius 1 is 1.25 bits per heavy atom. The van der Waals surface area contributed by atoms with Gasteiger partial charge in [-0.05, 0) is 56.2 Å². The number of hydrogen-bond acceptors (Lipinski definition) is 3. The topological polar surface area (TPSA) is 59.5 Å². The summed E-state index contributed by atoms with van der Waals surface area (Å²) in [7, 11) is 0. The van der Waals surface area contributed by atoms with Crippen LogP contribution in [0.2, 0.25) is 0 Å². The lowest BCUT2D eigenvalue weighted by molar-refractivity contribution is 0.0717. The third-order valence-corrected chi connectivity index (χ3v) is 3.53. The van der Waals surface area contributed by atoms with E-state index in [0.717, 1.165) is 24.4 Å². The maximum Gasteiger partial charge on any atom is 0.254 e.